The molecule has 8 nitrogen and oxygen atoms in total. The molecule has 0 unspecified atom stereocenters. The van der Waals surface area contributed by atoms with Crippen LogP contribution in [0.15, 0.2) is 36.7 Å². The Kier molecular flexibility index (Phi) is 6.67. The Labute approximate surface area is 183 Å². The summed E-state index contributed by atoms with van der Waals surface area (Å²) in [4.78, 5) is 33.7. The number of benzene rings is 1. The van der Waals surface area contributed by atoms with Gasteiger partial charge >= 0.3 is 0 Å². The maximum atomic E-state index is 13.1. The summed E-state index contributed by atoms with van der Waals surface area (Å²) in [5.74, 6) is -0.00672. The standard InChI is InChI=1S/C23H31N5O3/c1-26(2)13-10-24-22(29)18-8-11-27(12-9-18)23(30)21-19-15-31-20(14-28(19)16-25-21)17-6-4-3-5-7-17/h3-7,16,18,20H,8-15H2,1-2H3,(H,24,29)/t20-/m1/s1. The molecule has 0 aliphatic carbocycles. The van der Waals surface area contributed by atoms with Gasteiger partial charge in [0.05, 0.1) is 25.2 Å². The third-order valence-electron chi connectivity index (χ3n) is 6.12. The molecule has 1 saturated heterocycles. The van der Waals surface area contributed by atoms with E-state index in [-0.39, 0.29) is 23.8 Å². The van der Waals surface area contributed by atoms with E-state index in [4.69, 9.17) is 4.74 Å². The predicted molar refractivity (Wildman–Crippen MR) is 116 cm³/mol. The molecule has 1 fully saturated rings. The number of fused-ring (bicyclic) bond motifs is 1. The maximum Gasteiger partial charge on any atom is 0.274 e. The molecule has 2 aromatic rings. The first kappa shape index (κ1) is 21.5. The lowest BCUT2D eigenvalue weighted by Gasteiger charge is -2.31. The molecule has 4 rings (SSSR count). The summed E-state index contributed by atoms with van der Waals surface area (Å²) in [5, 5.41) is 3.00. The number of aromatic nitrogens is 2. The largest absolute Gasteiger partial charge is 0.365 e. The second kappa shape index (κ2) is 9.62. The second-order valence-electron chi connectivity index (χ2n) is 8.56. The molecular formula is C23H31N5O3. The first-order chi connectivity index (χ1) is 15.0. The zero-order chi connectivity index (χ0) is 21.8. The van der Waals surface area contributed by atoms with E-state index < -0.39 is 0 Å². The molecule has 1 N–H and O–H groups in total. The van der Waals surface area contributed by atoms with Crippen molar-refractivity contribution in [3.63, 3.8) is 0 Å². The minimum atomic E-state index is -0.0676. The van der Waals surface area contributed by atoms with E-state index in [0.717, 1.165) is 17.8 Å². The summed E-state index contributed by atoms with van der Waals surface area (Å²) >= 11 is 0. The number of nitrogens with one attached hydrogen (secondary N) is 1. The number of likely N-dealkylation sites (N-methyl/N-ethyl adjacent to an activating group) is 1. The van der Waals surface area contributed by atoms with Crippen LogP contribution in [0.4, 0.5) is 0 Å². The fraction of sp³-hybridized carbons (Fsp3) is 0.522. The van der Waals surface area contributed by atoms with Gasteiger partial charge in [-0.15, -0.1) is 0 Å². The molecular weight excluding hydrogens is 394 g/mol. The summed E-state index contributed by atoms with van der Waals surface area (Å²) in [5.41, 5.74) is 2.43. The Morgan fingerprint density at radius 2 is 1.94 bits per heavy atom. The minimum Gasteiger partial charge on any atom is -0.365 e. The lowest BCUT2D eigenvalue weighted by Crippen LogP contribution is -2.44. The van der Waals surface area contributed by atoms with Crippen LogP contribution in [0.3, 0.4) is 0 Å². The van der Waals surface area contributed by atoms with Gasteiger partial charge in [-0.05, 0) is 32.5 Å². The Morgan fingerprint density at radius 3 is 2.65 bits per heavy atom. The molecule has 1 atom stereocenters. The Balaban J connectivity index is 1.32. The monoisotopic (exact) mass is 425 g/mol. The van der Waals surface area contributed by atoms with Gasteiger partial charge in [0.2, 0.25) is 5.91 Å². The zero-order valence-electron chi connectivity index (χ0n) is 18.3. The molecule has 0 bridgehead atoms. The number of imidazole rings is 1. The fourth-order valence-electron chi connectivity index (χ4n) is 4.22. The summed E-state index contributed by atoms with van der Waals surface area (Å²) in [6, 6.07) is 10.1. The summed E-state index contributed by atoms with van der Waals surface area (Å²) < 4.78 is 8.07. The summed E-state index contributed by atoms with van der Waals surface area (Å²) in [6.45, 7) is 3.63. The maximum absolute atomic E-state index is 13.1. The van der Waals surface area contributed by atoms with E-state index in [1.165, 1.54) is 0 Å². The molecule has 166 valence electrons. The van der Waals surface area contributed by atoms with Crippen molar-refractivity contribution in [3.05, 3.63) is 53.6 Å². The molecule has 0 radical (unpaired) electrons. The third-order valence-corrected chi connectivity index (χ3v) is 6.12. The average Bonchev–Trinajstić information content (AvgIpc) is 3.22. The first-order valence-corrected chi connectivity index (χ1v) is 10.9. The van der Waals surface area contributed by atoms with Crippen molar-refractivity contribution < 1.29 is 14.3 Å². The highest BCUT2D eigenvalue weighted by molar-refractivity contribution is 5.93. The van der Waals surface area contributed by atoms with Crippen LogP contribution in [0.1, 0.15) is 40.7 Å². The molecule has 3 heterocycles. The van der Waals surface area contributed by atoms with E-state index in [1.807, 2.05) is 46.7 Å². The average molecular weight is 426 g/mol. The Morgan fingerprint density at radius 1 is 1.19 bits per heavy atom. The molecule has 1 aromatic carbocycles. The SMILES string of the molecule is CN(C)CCNC(=O)C1CCN(C(=O)c2ncn3c2CO[C@@H](c2ccccc2)C3)CC1. The lowest BCUT2D eigenvalue weighted by atomic mass is 9.95. The van der Waals surface area contributed by atoms with E-state index in [1.54, 1.807) is 6.33 Å². The van der Waals surface area contributed by atoms with Gasteiger partial charge in [0, 0.05) is 32.1 Å². The molecule has 0 saturated carbocycles. The number of ether oxygens (including phenoxy) is 1. The zero-order valence-corrected chi connectivity index (χ0v) is 18.3. The van der Waals surface area contributed by atoms with Crippen LogP contribution in [-0.4, -0.2) is 71.4 Å². The molecule has 1 aromatic heterocycles. The number of nitrogens with zero attached hydrogens (tertiary/aromatic N) is 4. The van der Waals surface area contributed by atoms with Gasteiger partial charge in [-0.3, -0.25) is 9.59 Å². The highest BCUT2D eigenvalue weighted by Crippen LogP contribution is 2.28. The van der Waals surface area contributed by atoms with Crippen molar-refractivity contribution in [1.82, 2.24) is 24.7 Å². The number of hydrogen-bond donors (Lipinski definition) is 1. The lowest BCUT2D eigenvalue weighted by molar-refractivity contribution is -0.126. The van der Waals surface area contributed by atoms with Crippen LogP contribution in [0.5, 0.6) is 0 Å². The normalized spacial score (nSPS) is 19.3. The number of hydrogen-bond acceptors (Lipinski definition) is 5. The van der Waals surface area contributed by atoms with Crippen LogP contribution in [-0.2, 0) is 22.7 Å². The van der Waals surface area contributed by atoms with Gasteiger partial charge in [0.15, 0.2) is 5.69 Å². The number of rotatable bonds is 6. The van der Waals surface area contributed by atoms with Crippen molar-refractivity contribution >= 4 is 11.8 Å². The van der Waals surface area contributed by atoms with Gasteiger partial charge < -0.3 is 24.4 Å². The van der Waals surface area contributed by atoms with Crippen molar-refractivity contribution in [1.29, 1.82) is 0 Å². The topological polar surface area (TPSA) is 79.7 Å². The van der Waals surface area contributed by atoms with Crippen LogP contribution in [0, 0.1) is 5.92 Å². The first-order valence-electron chi connectivity index (χ1n) is 10.9. The van der Waals surface area contributed by atoms with Crippen LogP contribution in [0.2, 0.25) is 0 Å². The summed E-state index contributed by atoms with van der Waals surface area (Å²) in [6.07, 6.45) is 3.07. The van der Waals surface area contributed by atoms with Gasteiger partial charge in [0.25, 0.3) is 5.91 Å². The minimum absolute atomic E-state index is 0.0305. The number of piperidine rings is 1. The number of likely N-dealkylation sites (tertiary alicyclic amines) is 1. The van der Waals surface area contributed by atoms with Crippen molar-refractivity contribution in [2.24, 2.45) is 5.92 Å². The van der Waals surface area contributed by atoms with Crippen molar-refractivity contribution in [2.45, 2.75) is 32.1 Å². The molecule has 2 aliphatic rings. The van der Waals surface area contributed by atoms with E-state index >= 15 is 0 Å². The van der Waals surface area contributed by atoms with E-state index in [0.29, 0.717) is 51.3 Å². The molecule has 2 amide bonds. The Hall–Kier alpha value is -2.71. The van der Waals surface area contributed by atoms with E-state index in [2.05, 4.69) is 22.4 Å². The molecule has 8 heteroatoms. The predicted octanol–water partition coefficient (Wildman–Crippen LogP) is 1.68. The molecule has 31 heavy (non-hydrogen) atoms. The van der Waals surface area contributed by atoms with Gasteiger partial charge in [0.1, 0.15) is 6.10 Å². The third kappa shape index (κ3) is 4.97. The van der Waals surface area contributed by atoms with Crippen molar-refractivity contribution in [2.75, 3.05) is 40.3 Å². The quantitative estimate of drug-likeness (QED) is 0.762. The number of carbonyl (C=O) groups excluding carboxylic acids is 2. The molecule has 0 spiro atoms. The van der Waals surface area contributed by atoms with Gasteiger partial charge in [-0.1, -0.05) is 30.3 Å². The second-order valence-corrected chi connectivity index (χ2v) is 8.56. The van der Waals surface area contributed by atoms with Crippen LogP contribution >= 0.6 is 0 Å². The van der Waals surface area contributed by atoms with Crippen LogP contribution < -0.4 is 5.32 Å². The highest BCUT2D eigenvalue weighted by atomic mass is 16.5. The molecule has 2 aliphatic heterocycles. The highest BCUT2D eigenvalue weighted by Gasteiger charge is 2.32. The van der Waals surface area contributed by atoms with Gasteiger partial charge in [-0.25, -0.2) is 4.98 Å². The van der Waals surface area contributed by atoms with E-state index in [9.17, 15) is 9.59 Å². The summed E-state index contributed by atoms with van der Waals surface area (Å²) in [7, 11) is 3.97. The smallest absolute Gasteiger partial charge is 0.274 e. The number of amides is 2. The Bertz CT molecular complexity index is 903. The number of carbonyl (C=O) groups is 2. The fourth-order valence-corrected chi connectivity index (χ4v) is 4.22. The van der Waals surface area contributed by atoms with Crippen LogP contribution in [0.25, 0.3) is 0 Å². The van der Waals surface area contributed by atoms with Crippen molar-refractivity contribution in [3.8, 4) is 0 Å². The van der Waals surface area contributed by atoms with Gasteiger partial charge in [-0.2, -0.15) is 0 Å².